The Morgan fingerprint density at radius 3 is 2.28 bits per heavy atom. The lowest BCUT2D eigenvalue weighted by Gasteiger charge is -2.07. The number of hydrogen-bond acceptors (Lipinski definition) is 2. The van der Waals surface area contributed by atoms with Crippen molar-refractivity contribution in [1.29, 1.82) is 0 Å². The summed E-state index contributed by atoms with van der Waals surface area (Å²) in [7, 11) is 0. The molecule has 0 aliphatic heterocycles. The molecule has 0 unspecified atom stereocenters. The van der Waals surface area contributed by atoms with Gasteiger partial charge in [0.25, 0.3) is 0 Å². The molecular formula is C11H13ClF3N3. The minimum atomic E-state index is -4.50. The fourth-order valence-corrected chi connectivity index (χ4v) is 1.92. The van der Waals surface area contributed by atoms with Crippen molar-refractivity contribution in [3.05, 3.63) is 28.3 Å². The lowest BCUT2D eigenvalue weighted by Crippen LogP contribution is -2.08. The molecule has 0 saturated heterocycles. The van der Waals surface area contributed by atoms with Crippen molar-refractivity contribution >= 4 is 17.1 Å². The van der Waals surface area contributed by atoms with Gasteiger partial charge in [-0.1, -0.05) is 25.4 Å². The van der Waals surface area contributed by atoms with Gasteiger partial charge in [-0.05, 0) is 13.8 Å². The van der Waals surface area contributed by atoms with Crippen molar-refractivity contribution in [1.82, 2.24) is 14.6 Å². The quantitative estimate of drug-likeness (QED) is 0.728. The van der Waals surface area contributed by atoms with Gasteiger partial charge < -0.3 is 0 Å². The van der Waals surface area contributed by atoms with E-state index < -0.39 is 11.7 Å². The SMILES string of the molecule is CC.Cc1nc(C)c2c(C(F)(F)F)c(Cl)cn2n1. The van der Waals surface area contributed by atoms with E-state index in [1.54, 1.807) is 6.92 Å². The molecule has 0 aromatic carbocycles. The summed E-state index contributed by atoms with van der Waals surface area (Å²) in [6.07, 6.45) is -3.36. The van der Waals surface area contributed by atoms with E-state index in [1.165, 1.54) is 6.92 Å². The van der Waals surface area contributed by atoms with E-state index in [2.05, 4.69) is 10.1 Å². The fraction of sp³-hybridized carbons (Fsp3) is 0.455. The van der Waals surface area contributed by atoms with E-state index in [1.807, 2.05) is 13.8 Å². The highest BCUT2D eigenvalue weighted by atomic mass is 35.5. The second kappa shape index (κ2) is 5.14. The van der Waals surface area contributed by atoms with Crippen molar-refractivity contribution in [2.75, 3.05) is 0 Å². The summed E-state index contributed by atoms with van der Waals surface area (Å²) < 4.78 is 39.3. The van der Waals surface area contributed by atoms with Crippen LogP contribution in [0.15, 0.2) is 6.20 Å². The molecule has 0 spiro atoms. The molecule has 0 radical (unpaired) electrons. The molecular weight excluding hydrogens is 267 g/mol. The van der Waals surface area contributed by atoms with Crippen LogP contribution in [0.3, 0.4) is 0 Å². The lowest BCUT2D eigenvalue weighted by atomic mass is 10.2. The van der Waals surface area contributed by atoms with Gasteiger partial charge in [-0.3, -0.25) is 0 Å². The van der Waals surface area contributed by atoms with Crippen molar-refractivity contribution in [2.45, 2.75) is 33.9 Å². The van der Waals surface area contributed by atoms with Gasteiger partial charge in [0.1, 0.15) is 11.4 Å². The first-order chi connectivity index (χ1) is 8.30. The maximum absolute atomic E-state index is 12.7. The van der Waals surface area contributed by atoms with Crippen molar-refractivity contribution in [2.24, 2.45) is 0 Å². The Bertz CT molecular complexity index is 561. The third kappa shape index (κ3) is 2.58. The Morgan fingerprint density at radius 1 is 1.22 bits per heavy atom. The van der Waals surface area contributed by atoms with E-state index in [9.17, 15) is 13.2 Å². The minimum Gasteiger partial charge on any atom is -0.235 e. The molecule has 7 heteroatoms. The van der Waals surface area contributed by atoms with E-state index in [0.717, 1.165) is 10.7 Å². The van der Waals surface area contributed by atoms with Crippen LogP contribution in [0.4, 0.5) is 13.2 Å². The largest absolute Gasteiger partial charge is 0.420 e. The fourth-order valence-electron chi connectivity index (χ4n) is 1.63. The van der Waals surface area contributed by atoms with Crippen molar-refractivity contribution < 1.29 is 13.2 Å². The molecule has 3 nitrogen and oxygen atoms in total. The Kier molecular flexibility index (Phi) is 4.21. The Morgan fingerprint density at radius 2 is 1.78 bits per heavy atom. The summed E-state index contributed by atoms with van der Waals surface area (Å²) in [5.41, 5.74) is -0.721. The number of rotatable bonds is 0. The Labute approximate surface area is 108 Å². The zero-order valence-electron chi connectivity index (χ0n) is 10.4. The first-order valence-corrected chi connectivity index (χ1v) is 5.78. The van der Waals surface area contributed by atoms with Crippen LogP contribution in [0.1, 0.15) is 30.9 Å². The van der Waals surface area contributed by atoms with Gasteiger partial charge in [0.05, 0.1) is 16.2 Å². The zero-order valence-corrected chi connectivity index (χ0v) is 11.2. The molecule has 2 aromatic heterocycles. The molecule has 18 heavy (non-hydrogen) atoms. The summed E-state index contributed by atoms with van der Waals surface area (Å²) >= 11 is 5.57. The predicted molar refractivity (Wildman–Crippen MR) is 63.8 cm³/mol. The monoisotopic (exact) mass is 279 g/mol. The molecule has 0 amide bonds. The Hall–Kier alpha value is -1.30. The van der Waals surface area contributed by atoms with Crippen LogP contribution in [-0.2, 0) is 6.18 Å². The lowest BCUT2D eigenvalue weighted by molar-refractivity contribution is -0.136. The number of alkyl halides is 3. The van der Waals surface area contributed by atoms with Gasteiger partial charge in [-0.15, -0.1) is 0 Å². The molecule has 2 aromatic rings. The maximum atomic E-state index is 12.7. The highest BCUT2D eigenvalue weighted by Gasteiger charge is 2.37. The van der Waals surface area contributed by atoms with Crippen LogP contribution >= 0.6 is 11.6 Å². The average Bonchev–Trinajstić information content (AvgIpc) is 2.56. The molecule has 0 N–H and O–H groups in total. The normalized spacial score (nSPS) is 11.3. The third-order valence-electron chi connectivity index (χ3n) is 2.15. The van der Waals surface area contributed by atoms with Crippen LogP contribution in [0.2, 0.25) is 5.02 Å². The van der Waals surface area contributed by atoms with Crippen LogP contribution in [0.5, 0.6) is 0 Å². The van der Waals surface area contributed by atoms with E-state index in [4.69, 9.17) is 11.6 Å². The predicted octanol–water partition coefficient (Wildman–Crippen LogP) is 4.04. The molecule has 0 atom stereocenters. The summed E-state index contributed by atoms with van der Waals surface area (Å²) in [4.78, 5) is 3.90. The number of fused-ring (bicyclic) bond motifs is 1. The number of hydrogen-bond donors (Lipinski definition) is 0. The number of nitrogens with zero attached hydrogens (tertiary/aromatic N) is 3. The molecule has 0 saturated carbocycles. The minimum absolute atomic E-state index is 0.0944. The maximum Gasteiger partial charge on any atom is 0.420 e. The van der Waals surface area contributed by atoms with Gasteiger partial charge in [0.2, 0.25) is 0 Å². The smallest absolute Gasteiger partial charge is 0.235 e. The van der Waals surface area contributed by atoms with E-state index in [0.29, 0.717) is 5.82 Å². The molecule has 2 rings (SSSR count). The number of aryl methyl sites for hydroxylation is 2. The van der Waals surface area contributed by atoms with E-state index in [-0.39, 0.29) is 16.2 Å². The van der Waals surface area contributed by atoms with Crippen molar-refractivity contribution in [3.63, 3.8) is 0 Å². The summed E-state index contributed by atoms with van der Waals surface area (Å²) in [5.74, 6) is 0.394. The highest BCUT2D eigenvalue weighted by molar-refractivity contribution is 6.32. The van der Waals surface area contributed by atoms with Crippen molar-refractivity contribution in [3.8, 4) is 0 Å². The Balaban J connectivity index is 0.000000771. The number of halogens is 4. The molecule has 0 aliphatic carbocycles. The molecule has 0 bridgehead atoms. The molecule has 100 valence electrons. The zero-order chi connectivity index (χ0) is 14.1. The molecule has 2 heterocycles. The third-order valence-corrected chi connectivity index (χ3v) is 2.44. The summed E-state index contributed by atoms with van der Waals surface area (Å²) in [6, 6.07) is 0. The van der Waals surface area contributed by atoms with Gasteiger partial charge in [0.15, 0.2) is 0 Å². The standard InChI is InChI=1S/C9H7ClF3N3.C2H6/c1-4-8-7(9(11,12)13)6(10)3-16(8)15-5(2)14-4;1-2/h3H,1-2H3;1-2H3. The first kappa shape index (κ1) is 14.8. The second-order valence-corrected chi connectivity index (χ2v) is 3.79. The van der Waals surface area contributed by atoms with Crippen LogP contribution < -0.4 is 0 Å². The molecule has 0 aliphatic rings. The topological polar surface area (TPSA) is 30.2 Å². The van der Waals surface area contributed by atoms with Gasteiger partial charge in [-0.2, -0.15) is 18.3 Å². The first-order valence-electron chi connectivity index (χ1n) is 5.40. The number of aromatic nitrogens is 3. The van der Waals surface area contributed by atoms with E-state index >= 15 is 0 Å². The van der Waals surface area contributed by atoms with Gasteiger partial charge in [-0.25, -0.2) is 9.50 Å². The van der Waals surface area contributed by atoms with Gasteiger partial charge >= 0.3 is 6.18 Å². The van der Waals surface area contributed by atoms with Gasteiger partial charge in [0, 0.05) is 6.20 Å². The summed E-state index contributed by atoms with van der Waals surface area (Å²) in [5, 5.41) is 3.49. The highest BCUT2D eigenvalue weighted by Crippen LogP contribution is 2.39. The summed E-state index contributed by atoms with van der Waals surface area (Å²) in [6.45, 7) is 7.10. The second-order valence-electron chi connectivity index (χ2n) is 3.39. The van der Waals surface area contributed by atoms with Crippen LogP contribution in [0, 0.1) is 13.8 Å². The van der Waals surface area contributed by atoms with Crippen LogP contribution in [-0.4, -0.2) is 14.6 Å². The average molecular weight is 280 g/mol. The molecule has 0 fully saturated rings. The van der Waals surface area contributed by atoms with Crippen LogP contribution in [0.25, 0.3) is 5.52 Å².